The number of carbonyl (C=O) groups is 2. The molecule has 0 saturated heterocycles. The summed E-state index contributed by atoms with van der Waals surface area (Å²) in [5.74, 6) is -1.35. The minimum absolute atomic E-state index is 0.148. The number of methoxy groups -OCH3 is 1. The summed E-state index contributed by atoms with van der Waals surface area (Å²) in [5, 5.41) is 9.08. The molecule has 0 aliphatic rings. The first-order valence-electron chi connectivity index (χ1n) is 5.12. The molecule has 6 heteroatoms. The number of rotatable bonds is 6. The van der Waals surface area contributed by atoms with Crippen molar-refractivity contribution in [2.75, 3.05) is 20.3 Å². The minimum atomic E-state index is -1.61. The van der Waals surface area contributed by atoms with Crippen molar-refractivity contribution in [1.29, 1.82) is 5.26 Å². The van der Waals surface area contributed by atoms with Gasteiger partial charge in [0.15, 0.2) is 0 Å². The van der Waals surface area contributed by atoms with Crippen LogP contribution in [0.3, 0.4) is 0 Å². The van der Waals surface area contributed by atoms with Gasteiger partial charge in [0, 0.05) is 6.92 Å². The number of hydrogen-bond donors (Lipinski definition) is 0. The summed E-state index contributed by atoms with van der Waals surface area (Å²) in [6, 6.07) is 1.80. The van der Waals surface area contributed by atoms with Crippen LogP contribution in [0.2, 0.25) is 0 Å². The Balaban J connectivity index is 4.82. The zero-order chi connectivity index (χ0) is 13.5. The van der Waals surface area contributed by atoms with Crippen molar-refractivity contribution in [2.24, 2.45) is 5.41 Å². The summed E-state index contributed by atoms with van der Waals surface area (Å²) in [6.45, 7) is 4.18. The first-order chi connectivity index (χ1) is 7.88. The fraction of sp³-hybridized carbons (Fsp3) is 0.727. The topological polar surface area (TPSA) is 85.6 Å². The van der Waals surface area contributed by atoms with E-state index in [2.05, 4.69) is 4.74 Å². The highest BCUT2D eigenvalue weighted by Gasteiger charge is 2.42. The molecule has 0 amide bonds. The molecule has 6 nitrogen and oxygen atoms in total. The number of hydrogen-bond acceptors (Lipinski definition) is 6. The van der Waals surface area contributed by atoms with Gasteiger partial charge < -0.3 is 14.2 Å². The first kappa shape index (κ1) is 15.4. The molecule has 0 rings (SSSR count). The van der Waals surface area contributed by atoms with Crippen LogP contribution >= 0.6 is 0 Å². The summed E-state index contributed by atoms with van der Waals surface area (Å²) in [6.07, 6.45) is -0.148. The Morgan fingerprint density at radius 1 is 1.35 bits per heavy atom. The normalized spacial score (nSPS) is 13.6. The van der Waals surface area contributed by atoms with Crippen LogP contribution in [0.15, 0.2) is 0 Å². The molecule has 0 aliphatic heterocycles. The number of carbonyl (C=O) groups excluding carboxylic acids is 2. The summed E-state index contributed by atoms with van der Waals surface area (Å²) >= 11 is 0. The van der Waals surface area contributed by atoms with Gasteiger partial charge in [-0.25, -0.2) is 0 Å². The summed E-state index contributed by atoms with van der Waals surface area (Å²) < 4.78 is 14.5. The molecule has 0 aromatic rings. The third kappa shape index (κ3) is 4.83. The van der Waals surface area contributed by atoms with E-state index in [1.54, 1.807) is 19.9 Å². The van der Waals surface area contributed by atoms with Gasteiger partial charge in [-0.05, 0) is 13.8 Å². The van der Waals surface area contributed by atoms with E-state index in [1.165, 1.54) is 6.92 Å². The molecular weight excluding hydrogens is 226 g/mol. The van der Waals surface area contributed by atoms with Crippen LogP contribution in [0, 0.1) is 16.7 Å². The molecule has 1 atom stereocenters. The molecule has 0 N–H and O–H groups in total. The Morgan fingerprint density at radius 2 is 1.94 bits per heavy atom. The van der Waals surface area contributed by atoms with Gasteiger partial charge in [0.2, 0.25) is 5.41 Å². The van der Waals surface area contributed by atoms with E-state index in [0.29, 0.717) is 0 Å². The van der Waals surface area contributed by atoms with Gasteiger partial charge in [-0.3, -0.25) is 9.59 Å². The van der Waals surface area contributed by atoms with Crippen LogP contribution in [0.5, 0.6) is 0 Å². The minimum Gasteiger partial charge on any atom is -0.468 e. The molecule has 0 spiro atoms. The lowest BCUT2D eigenvalue weighted by Gasteiger charge is -2.23. The van der Waals surface area contributed by atoms with E-state index in [-0.39, 0.29) is 19.3 Å². The zero-order valence-corrected chi connectivity index (χ0v) is 10.5. The largest absolute Gasteiger partial charge is 0.468 e. The van der Waals surface area contributed by atoms with Crippen LogP contribution in [-0.2, 0) is 23.8 Å². The number of nitriles is 1. The average Bonchev–Trinajstić information content (AvgIpc) is 2.28. The van der Waals surface area contributed by atoms with Gasteiger partial charge in [-0.15, -0.1) is 0 Å². The lowest BCUT2D eigenvalue weighted by molar-refractivity contribution is -0.161. The molecule has 1 unspecified atom stereocenters. The summed E-state index contributed by atoms with van der Waals surface area (Å²) in [4.78, 5) is 22.3. The predicted octanol–water partition coefficient (Wildman–Crippen LogP) is 0.657. The second-order valence-corrected chi connectivity index (χ2v) is 3.83. The fourth-order valence-corrected chi connectivity index (χ4v) is 0.999. The molecule has 0 heterocycles. The molecule has 0 saturated carbocycles. The smallest absolute Gasteiger partial charge is 0.332 e. The molecular formula is C11H17NO5. The molecule has 0 aliphatic carbocycles. The lowest BCUT2D eigenvalue weighted by atomic mass is 9.92. The van der Waals surface area contributed by atoms with Crippen molar-refractivity contribution in [2.45, 2.75) is 26.9 Å². The van der Waals surface area contributed by atoms with Gasteiger partial charge in [-0.1, -0.05) is 0 Å². The Bertz CT molecular complexity index is 320. The maximum Gasteiger partial charge on any atom is 0.332 e. The second-order valence-electron chi connectivity index (χ2n) is 3.83. The lowest BCUT2D eigenvalue weighted by Crippen LogP contribution is -2.41. The Hall–Kier alpha value is -1.61. The highest BCUT2D eigenvalue weighted by molar-refractivity contribution is 5.80. The standard InChI is InChI=1S/C11H17NO5/c1-8(2)16-6-11(5-12,10(14)15-4)7-17-9(3)13/h8H,6-7H2,1-4H3. The van der Waals surface area contributed by atoms with E-state index in [9.17, 15) is 9.59 Å². The molecule has 0 aromatic carbocycles. The van der Waals surface area contributed by atoms with E-state index >= 15 is 0 Å². The van der Waals surface area contributed by atoms with Crippen molar-refractivity contribution in [3.63, 3.8) is 0 Å². The third-order valence-electron chi connectivity index (χ3n) is 1.98. The molecule has 0 bridgehead atoms. The maximum atomic E-state index is 11.6. The van der Waals surface area contributed by atoms with E-state index in [0.717, 1.165) is 7.11 Å². The summed E-state index contributed by atoms with van der Waals surface area (Å²) in [5.41, 5.74) is -1.61. The number of ether oxygens (including phenoxy) is 3. The molecule has 0 radical (unpaired) electrons. The van der Waals surface area contributed by atoms with Gasteiger partial charge >= 0.3 is 11.9 Å². The van der Waals surface area contributed by atoms with Gasteiger partial charge in [0.1, 0.15) is 6.61 Å². The van der Waals surface area contributed by atoms with E-state index < -0.39 is 17.4 Å². The Kier molecular flexibility index (Phi) is 6.21. The summed E-state index contributed by atoms with van der Waals surface area (Å²) in [7, 11) is 1.16. The van der Waals surface area contributed by atoms with Crippen molar-refractivity contribution >= 4 is 11.9 Å². The average molecular weight is 243 g/mol. The van der Waals surface area contributed by atoms with Crippen LogP contribution in [0.25, 0.3) is 0 Å². The van der Waals surface area contributed by atoms with Gasteiger partial charge in [0.25, 0.3) is 0 Å². The van der Waals surface area contributed by atoms with Crippen LogP contribution in [0.1, 0.15) is 20.8 Å². The second kappa shape index (κ2) is 6.86. The molecule has 96 valence electrons. The van der Waals surface area contributed by atoms with E-state index in [4.69, 9.17) is 14.7 Å². The Labute approximate surface area is 100 Å². The zero-order valence-electron chi connectivity index (χ0n) is 10.5. The van der Waals surface area contributed by atoms with Crippen LogP contribution in [-0.4, -0.2) is 38.4 Å². The predicted molar refractivity (Wildman–Crippen MR) is 57.8 cm³/mol. The quantitative estimate of drug-likeness (QED) is 0.637. The molecule has 17 heavy (non-hydrogen) atoms. The SMILES string of the molecule is COC(=O)C(C#N)(COC(C)=O)COC(C)C. The van der Waals surface area contributed by atoms with Crippen molar-refractivity contribution in [1.82, 2.24) is 0 Å². The fourth-order valence-electron chi connectivity index (χ4n) is 0.999. The molecule has 0 aromatic heterocycles. The third-order valence-corrected chi connectivity index (χ3v) is 1.98. The maximum absolute atomic E-state index is 11.6. The van der Waals surface area contributed by atoms with Crippen LogP contribution < -0.4 is 0 Å². The number of nitrogens with zero attached hydrogens (tertiary/aromatic N) is 1. The van der Waals surface area contributed by atoms with E-state index in [1.807, 2.05) is 0 Å². The Morgan fingerprint density at radius 3 is 2.29 bits per heavy atom. The van der Waals surface area contributed by atoms with Gasteiger partial charge in [0.05, 0.1) is 25.9 Å². The van der Waals surface area contributed by atoms with Crippen molar-refractivity contribution in [3.05, 3.63) is 0 Å². The highest BCUT2D eigenvalue weighted by Crippen LogP contribution is 2.20. The van der Waals surface area contributed by atoms with Crippen LogP contribution in [0.4, 0.5) is 0 Å². The monoisotopic (exact) mass is 243 g/mol. The van der Waals surface area contributed by atoms with Crippen molar-refractivity contribution < 1.29 is 23.8 Å². The first-order valence-corrected chi connectivity index (χ1v) is 5.12. The molecule has 0 fully saturated rings. The van der Waals surface area contributed by atoms with Gasteiger partial charge in [-0.2, -0.15) is 5.26 Å². The number of esters is 2. The highest BCUT2D eigenvalue weighted by atomic mass is 16.6. The van der Waals surface area contributed by atoms with Crippen molar-refractivity contribution in [3.8, 4) is 6.07 Å².